The number of cyclic esters (lactones) is 1. The minimum atomic E-state index is -0.401. The van der Waals surface area contributed by atoms with Gasteiger partial charge in [-0.2, -0.15) is 0 Å². The zero-order chi connectivity index (χ0) is 24.0. The molecule has 2 saturated carbocycles. The summed E-state index contributed by atoms with van der Waals surface area (Å²) >= 11 is 0. The van der Waals surface area contributed by atoms with Gasteiger partial charge in [0, 0.05) is 11.3 Å². The van der Waals surface area contributed by atoms with E-state index < -0.39 is 5.41 Å². The molecule has 1 spiro atoms. The maximum atomic E-state index is 13.8. The smallest absolute Gasteiger partial charge is 0.314 e. The van der Waals surface area contributed by atoms with E-state index in [1.54, 1.807) is 0 Å². The Morgan fingerprint density at radius 1 is 1.03 bits per heavy atom. The van der Waals surface area contributed by atoms with E-state index in [4.69, 9.17) is 4.74 Å². The molecule has 1 N–H and O–H groups in total. The Morgan fingerprint density at radius 2 is 1.76 bits per heavy atom. The topological polar surface area (TPSA) is 46.5 Å². The highest BCUT2D eigenvalue weighted by atomic mass is 16.6. The van der Waals surface area contributed by atoms with Crippen molar-refractivity contribution in [3.05, 3.63) is 23.3 Å². The Morgan fingerprint density at radius 3 is 2.45 bits per heavy atom. The van der Waals surface area contributed by atoms with Crippen LogP contribution in [-0.2, 0) is 9.53 Å². The van der Waals surface area contributed by atoms with Crippen LogP contribution in [0.4, 0.5) is 0 Å². The molecule has 184 valence electrons. The van der Waals surface area contributed by atoms with Crippen molar-refractivity contribution in [2.24, 2.45) is 39.4 Å². The van der Waals surface area contributed by atoms with E-state index in [1.165, 1.54) is 17.6 Å². The third kappa shape index (κ3) is 2.87. The van der Waals surface area contributed by atoms with Crippen LogP contribution in [0, 0.1) is 39.4 Å². The number of esters is 1. The number of aliphatic hydroxyl groups is 1. The maximum absolute atomic E-state index is 13.8. The van der Waals surface area contributed by atoms with Gasteiger partial charge in [0.15, 0.2) is 0 Å². The predicted molar refractivity (Wildman–Crippen MR) is 132 cm³/mol. The molecule has 5 rings (SSSR count). The fourth-order valence-electron chi connectivity index (χ4n) is 9.47. The molecule has 4 aliphatic carbocycles. The highest BCUT2D eigenvalue weighted by Gasteiger charge is 2.74. The first-order chi connectivity index (χ1) is 15.3. The highest BCUT2D eigenvalue weighted by molar-refractivity contribution is 5.84. The summed E-state index contributed by atoms with van der Waals surface area (Å²) in [5, 5.41) is 10.8. The van der Waals surface area contributed by atoms with E-state index >= 15 is 0 Å². The highest BCUT2D eigenvalue weighted by Crippen LogP contribution is 2.74. The summed E-state index contributed by atoms with van der Waals surface area (Å²) in [6.45, 7) is 16.1. The summed E-state index contributed by atoms with van der Waals surface area (Å²) in [6.07, 6.45) is 13.9. The van der Waals surface area contributed by atoms with Crippen molar-refractivity contribution >= 4 is 5.97 Å². The Hall–Kier alpha value is -1.09. The van der Waals surface area contributed by atoms with Crippen LogP contribution in [0.2, 0.25) is 0 Å². The minimum absolute atomic E-state index is 0.0717. The SMILES string of the molecule is CC(C)CCC[C@]1(C)OC(=O)[C@]23CC=C4C(=CC[C@@H]5C(C)(C)[C@@H](O)CC[C@]45C)[C@]2(C)CC[C@@H]31. The predicted octanol–water partition coefficient (Wildman–Crippen LogP) is 6.99. The third-order valence-corrected chi connectivity index (χ3v) is 11.5. The van der Waals surface area contributed by atoms with Gasteiger partial charge in [-0.05, 0) is 92.1 Å². The van der Waals surface area contributed by atoms with Crippen molar-refractivity contribution < 1.29 is 14.6 Å². The lowest BCUT2D eigenvalue weighted by atomic mass is 9.44. The van der Waals surface area contributed by atoms with Crippen LogP contribution < -0.4 is 0 Å². The molecule has 0 unspecified atom stereocenters. The van der Waals surface area contributed by atoms with E-state index in [9.17, 15) is 9.90 Å². The molecule has 5 aliphatic rings. The molecular weight excluding hydrogens is 408 g/mol. The summed E-state index contributed by atoms with van der Waals surface area (Å²) in [5.41, 5.74) is 2.07. The van der Waals surface area contributed by atoms with Crippen LogP contribution >= 0.6 is 0 Å². The molecule has 3 nitrogen and oxygen atoms in total. The van der Waals surface area contributed by atoms with Crippen molar-refractivity contribution in [2.45, 2.75) is 118 Å². The number of ether oxygens (including phenoxy) is 1. The van der Waals surface area contributed by atoms with Crippen LogP contribution in [0.25, 0.3) is 0 Å². The summed E-state index contributed by atoms with van der Waals surface area (Å²) in [5.74, 6) is 1.51. The number of fused-ring (bicyclic) bond motifs is 4. The van der Waals surface area contributed by atoms with Gasteiger partial charge in [-0.25, -0.2) is 0 Å². The molecule has 33 heavy (non-hydrogen) atoms. The van der Waals surface area contributed by atoms with E-state index in [2.05, 4.69) is 60.6 Å². The van der Waals surface area contributed by atoms with Gasteiger partial charge in [0.05, 0.1) is 11.5 Å². The van der Waals surface area contributed by atoms with Crippen LogP contribution in [0.1, 0.15) is 106 Å². The van der Waals surface area contributed by atoms with Crippen LogP contribution in [-0.4, -0.2) is 22.8 Å². The van der Waals surface area contributed by atoms with Crippen molar-refractivity contribution in [1.82, 2.24) is 0 Å². The molecule has 0 aromatic heterocycles. The molecule has 7 atom stereocenters. The van der Waals surface area contributed by atoms with Gasteiger partial charge in [0.2, 0.25) is 0 Å². The maximum Gasteiger partial charge on any atom is 0.314 e. The number of aliphatic hydroxyl groups excluding tert-OH is 1. The molecule has 0 radical (unpaired) electrons. The molecule has 1 aliphatic heterocycles. The van der Waals surface area contributed by atoms with Gasteiger partial charge in [-0.15, -0.1) is 0 Å². The fraction of sp³-hybridized carbons (Fsp3) is 0.833. The Labute approximate surface area is 201 Å². The van der Waals surface area contributed by atoms with Crippen molar-refractivity contribution in [2.75, 3.05) is 0 Å². The van der Waals surface area contributed by atoms with Gasteiger partial charge in [-0.1, -0.05) is 60.1 Å². The second-order valence-corrected chi connectivity index (χ2v) is 13.9. The summed E-state index contributed by atoms with van der Waals surface area (Å²) in [6, 6.07) is 0. The summed E-state index contributed by atoms with van der Waals surface area (Å²) < 4.78 is 6.35. The van der Waals surface area contributed by atoms with Crippen LogP contribution in [0.5, 0.6) is 0 Å². The molecule has 0 aromatic carbocycles. The van der Waals surface area contributed by atoms with E-state index in [-0.39, 0.29) is 33.9 Å². The van der Waals surface area contributed by atoms with Crippen LogP contribution in [0.15, 0.2) is 23.3 Å². The molecule has 1 saturated heterocycles. The summed E-state index contributed by atoms with van der Waals surface area (Å²) in [7, 11) is 0. The fourth-order valence-corrected chi connectivity index (χ4v) is 9.47. The Kier molecular flexibility index (Phi) is 5.17. The first-order valence-corrected chi connectivity index (χ1v) is 13.7. The molecule has 0 amide bonds. The first-order valence-electron chi connectivity index (χ1n) is 13.7. The number of allylic oxidation sites excluding steroid dienone is 4. The van der Waals surface area contributed by atoms with Crippen molar-refractivity contribution in [3.63, 3.8) is 0 Å². The first kappa shape index (κ1) is 23.6. The zero-order valence-corrected chi connectivity index (χ0v) is 22.1. The zero-order valence-electron chi connectivity index (χ0n) is 22.1. The Bertz CT molecular complexity index is 912. The average molecular weight is 455 g/mol. The number of hydrogen-bond donors (Lipinski definition) is 1. The lowest BCUT2D eigenvalue weighted by Crippen LogP contribution is -2.55. The monoisotopic (exact) mass is 454 g/mol. The van der Waals surface area contributed by atoms with Crippen molar-refractivity contribution in [3.8, 4) is 0 Å². The molecule has 1 heterocycles. The normalized spacial score (nSPS) is 47.8. The molecule has 3 heteroatoms. The number of hydrogen-bond acceptors (Lipinski definition) is 3. The van der Waals surface area contributed by atoms with Gasteiger partial charge >= 0.3 is 5.97 Å². The average Bonchev–Trinajstić information content (AvgIpc) is 3.16. The van der Waals surface area contributed by atoms with Gasteiger partial charge in [0.1, 0.15) is 5.60 Å². The number of carbonyl (C=O) groups is 1. The quantitative estimate of drug-likeness (QED) is 0.465. The van der Waals surface area contributed by atoms with Crippen LogP contribution in [0.3, 0.4) is 0 Å². The van der Waals surface area contributed by atoms with Gasteiger partial charge < -0.3 is 9.84 Å². The van der Waals surface area contributed by atoms with E-state index in [0.29, 0.717) is 17.8 Å². The molecule has 0 bridgehead atoms. The Balaban J connectivity index is 1.53. The summed E-state index contributed by atoms with van der Waals surface area (Å²) in [4.78, 5) is 13.8. The number of carbonyl (C=O) groups excluding carboxylic acids is 1. The van der Waals surface area contributed by atoms with Crippen molar-refractivity contribution in [1.29, 1.82) is 0 Å². The molecule has 0 aromatic rings. The number of rotatable bonds is 4. The minimum Gasteiger partial charge on any atom is -0.459 e. The second kappa shape index (κ2) is 7.21. The standard InChI is InChI=1S/C30H46O3/c1-19(2)9-8-15-29(7)23-13-17-28(6)21-10-11-22-26(3,4)24(31)14-16-27(22,5)20(21)12-18-30(23,28)25(32)33-29/h10,12,19,22-24,31H,8-9,11,13-18H2,1-7H3/t22-,23-,24+,27-,28+,29+,30-/m1/s1. The van der Waals surface area contributed by atoms with E-state index in [1.807, 2.05) is 0 Å². The second-order valence-electron chi connectivity index (χ2n) is 13.9. The molecular formula is C30H46O3. The largest absolute Gasteiger partial charge is 0.459 e. The lowest BCUT2D eigenvalue weighted by Gasteiger charge is -2.60. The van der Waals surface area contributed by atoms with Gasteiger partial charge in [-0.3, -0.25) is 4.79 Å². The van der Waals surface area contributed by atoms with E-state index in [0.717, 1.165) is 51.4 Å². The lowest BCUT2D eigenvalue weighted by molar-refractivity contribution is -0.158. The third-order valence-electron chi connectivity index (χ3n) is 11.5. The van der Waals surface area contributed by atoms with Gasteiger partial charge in [0.25, 0.3) is 0 Å². The molecule has 3 fully saturated rings.